The number of nitrogens with zero attached hydrogens (tertiary/aromatic N) is 1. The molecule has 0 radical (unpaired) electrons. The molecule has 1 aromatic carbocycles. The summed E-state index contributed by atoms with van der Waals surface area (Å²) in [6.45, 7) is 8.29. The van der Waals surface area contributed by atoms with E-state index in [-0.39, 0.29) is 17.5 Å². The molecular weight excluding hydrogens is 327 g/mol. The van der Waals surface area contributed by atoms with Crippen LogP contribution >= 0.6 is 7.75 Å². The second-order valence-corrected chi connectivity index (χ2v) is 7.65. The molecule has 24 heavy (non-hydrogen) atoms. The Morgan fingerprint density at radius 2 is 1.58 bits per heavy atom. The normalized spacial score (nSPS) is 12.0. The van der Waals surface area contributed by atoms with Gasteiger partial charge in [-0.15, -0.1) is 0 Å². The summed E-state index contributed by atoms with van der Waals surface area (Å²) in [5.74, 6) is -0.334. The van der Waals surface area contributed by atoms with Crippen LogP contribution in [0.5, 0.6) is 0 Å². The van der Waals surface area contributed by atoms with Gasteiger partial charge in [-0.25, -0.2) is 4.57 Å². The third-order valence-electron chi connectivity index (χ3n) is 3.81. The Kier molecular flexibility index (Phi) is 5.33. The van der Waals surface area contributed by atoms with Gasteiger partial charge in [-0.2, -0.15) is 0 Å². The number of nitrogens with one attached hydrogen (secondary N) is 1. The van der Waals surface area contributed by atoms with Gasteiger partial charge in [-0.05, 0) is 35.1 Å². The van der Waals surface area contributed by atoms with Gasteiger partial charge in [0.05, 0.1) is 5.69 Å². The minimum atomic E-state index is -4.65. The highest BCUT2D eigenvalue weighted by atomic mass is 31.2. The Bertz CT molecular complexity index is 763. The van der Waals surface area contributed by atoms with E-state index >= 15 is 0 Å². The fourth-order valence-corrected chi connectivity index (χ4v) is 3.12. The van der Waals surface area contributed by atoms with E-state index in [4.69, 9.17) is 9.79 Å². The lowest BCUT2D eigenvalue weighted by Crippen LogP contribution is -2.23. The van der Waals surface area contributed by atoms with Crippen LogP contribution in [0.3, 0.4) is 0 Å². The zero-order valence-corrected chi connectivity index (χ0v) is 15.1. The lowest BCUT2D eigenvalue weighted by atomic mass is 9.92. The summed E-state index contributed by atoms with van der Waals surface area (Å²) in [6.07, 6.45) is 1.74. The van der Waals surface area contributed by atoms with Crippen molar-refractivity contribution >= 4 is 13.7 Å². The fraction of sp³-hybridized carbons (Fsp3) is 0.353. The maximum absolute atomic E-state index is 12.3. The van der Waals surface area contributed by atoms with Crippen LogP contribution in [0.25, 0.3) is 5.69 Å². The molecule has 3 N–H and O–H groups in total. The maximum Gasteiger partial charge on any atom is 0.430 e. The Labute approximate surface area is 141 Å². The van der Waals surface area contributed by atoms with Crippen molar-refractivity contribution in [3.05, 3.63) is 53.3 Å². The molecule has 1 heterocycles. The highest BCUT2D eigenvalue weighted by Crippen LogP contribution is 2.33. The van der Waals surface area contributed by atoms with Crippen molar-refractivity contribution in [1.82, 2.24) is 9.65 Å². The van der Waals surface area contributed by atoms with Crippen molar-refractivity contribution in [2.45, 2.75) is 39.5 Å². The Morgan fingerprint density at radius 1 is 1.04 bits per heavy atom. The molecule has 2 aromatic rings. The van der Waals surface area contributed by atoms with Gasteiger partial charge in [-0.1, -0.05) is 45.9 Å². The first-order valence-corrected chi connectivity index (χ1v) is 9.41. The van der Waals surface area contributed by atoms with Crippen LogP contribution in [0.2, 0.25) is 0 Å². The molecule has 0 aliphatic rings. The standard InChI is InChI=1S/C17H23N2O4P/c1-11(2)13-7-5-8-14(12(3)4)16(13)19-10-6-9-15(19)17(20)18-24(21,22)23/h5-12H,1-4H3,(H3,18,20,21,22,23). The minimum absolute atomic E-state index is 0.188. The van der Waals surface area contributed by atoms with Crippen molar-refractivity contribution < 1.29 is 19.1 Å². The molecule has 6 nitrogen and oxygen atoms in total. The van der Waals surface area contributed by atoms with Gasteiger partial charge in [0.25, 0.3) is 5.91 Å². The number of carbonyl (C=O) groups excluding carboxylic acids is 1. The average molecular weight is 350 g/mol. The van der Waals surface area contributed by atoms with Gasteiger partial charge in [0, 0.05) is 6.20 Å². The van der Waals surface area contributed by atoms with E-state index in [1.165, 1.54) is 0 Å². The minimum Gasteiger partial charge on any atom is -0.312 e. The molecule has 0 fully saturated rings. The van der Waals surface area contributed by atoms with Crippen LogP contribution in [0.15, 0.2) is 36.5 Å². The molecule has 0 spiro atoms. The molecule has 0 aliphatic heterocycles. The van der Waals surface area contributed by atoms with E-state index in [2.05, 4.69) is 27.7 Å². The summed E-state index contributed by atoms with van der Waals surface area (Å²) in [6, 6.07) is 9.25. The monoisotopic (exact) mass is 350 g/mol. The van der Waals surface area contributed by atoms with Crippen LogP contribution in [0.4, 0.5) is 0 Å². The van der Waals surface area contributed by atoms with Crippen molar-refractivity contribution in [3.8, 4) is 5.69 Å². The summed E-state index contributed by atoms with van der Waals surface area (Å²) in [7, 11) is -4.65. The highest BCUT2D eigenvalue weighted by molar-refractivity contribution is 7.50. The van der Waals surface area contributed by atoms with Crippen molar-refractivity contribution in [3.63, 3.8) is 0 Å². The molecule has 1 aromatic heterocycles. The van der Waals surface area contributed by atoms with E-state index in [0.717, 1.165) is 16.8 Å². The van der Waals surface area contributed by atoms with E-state index in [0.29, 0.717) is 0 Å². The summed E-state index contributed by atoms with van der Waals surface area (Å²) in [5, 5.41) is 1.74. The molecule has 0 atom stereocenters. The van der Waals surface area contributed by atoms with Gasteiger partial charge in [0.1, 0.15) is 5.69 Å². The number of aromatic nitrogens is 1. The van der Waals surface area contributed by atoms with E-state index in [1.807, 2.05) is 18.2 Å². The second kappa shape index (κ2) is 6.93. The first-order valence-electron chi connectivity index (χ1n) is 7.80. The molecule has 0 unspecified atom stereocenters. The molecule has 7 heteroatoms. The largest absolute Gasteiger partial charge is 0.430 e. The van der Waals surface area contributed by atoms with Crippen molar-refractivity contribution in [2.24, 2.45) is 0 Å². The van der Waals surface area contributed by atoms with Gasteiger partial charge in [-0.3, -0.25) is 9.88 Å². The lowest BCUT2D eigenvalue weighted by molar-refractivity contribution is 0.0965. The SMILES string of the molecule is CC(C)c1cccc(C(C)C)c1-n1cccc1C(=O)NP(=O)(O)O. The van der Waals surface area contributed by atoms with Crippen molar-refractivity contribution in [1.29, 1.82) is 0 Å². The predicted octanol–water partition coefficient (Wildman–Crippen LogP) is 3.55. The quantitative estimate of drug-likeness (QED) is 0.719. The number of para-hydroxylation sites is 1. The molecule has 1 amide bonds. The third-order valence-corrected chi connectivity index (χ3v) is 4.31. The van der Waals surface area contributed by atoms with Gasteiger partial charge >= 0.3 is 7.75 Å². The van der Waals surface area contributed by atoms with E-state index < -0.39 is 13.7 Å². The number of carbonyl (C=O) groups is 1. The van der Waals surface area contributed by atoms with Crippen LogP contribution in [-0.2, 0) is 4.57 Å². The summed E-state index contributed by atoms with van der Waals surface area (Å²) in [5.41, 5.74) is 3.22. The smallest absolute Gasteiger partial charge is 0.312 e. The summed E-state index contributed by atoms with van der Waals surface area (Å²) >= 11 is 0. The summed E-state index contributed by atoms with van der Waals surface area (Å²) < 4.78 is 12.8. The first kappa shape index (κ1) is 18.5. The molecule has 0 saturated carbocycles. The number of hydrogen-bond acceptors (Lipinski definition) is 2. The third kappa shape index (κ3) is 3.96. The number of rotatable bonds is 5. The lowest BCUT2D eigenvalue weighted by Gasteiger charge is -2.22. The molecule has 0 saturated heterocycles. The van der Waals surface area contributed by atoms with Crippen molar-refractivity contribution in [2.75, 3.05) is 0 Å². The molecule has 130 valence electrons. The number of benzene rings is 1. The van der Waals surface area contributed by atoms with Crippen LogP contribution in [0, 0.1) is 0 Å². The number of amides is 1. The molecule has 0 bridgehead atoms. The topological polar surface area (TPSA) is 91.6 Å². The zero-order chi connectivity index (χ0) is 18.1. The first-order chi connectivity index (χ1) is 11.1. The molecule has 2 rings (SSSR count). The van der Waals surface area contributed by atoms with Crippen LogP contribution in [0.1, 0.15) is 61.1 Å². The maximum atomic E-state index is 12.3. The van der Waals surface area contributed by atoms with Gasteiger partial charge in [0.15, 0.2) is 0 Å². The predicted molar refractivity (Wildman–Crippen MR) is 93.5 cm³/mol. The van der Waals surface area contributed by atoms with E-state index in [9.17, 15) is 9.36 Å². The molecular formula is C17H23N2O4P. The second-order valence-electron chi connectivity index (χ2n) is 6.34. The highest BCUT2D eigenvalue weighted by Gasteiger charge is 2.23. The Hall–Kier alpha value is -1.88. The Balaban J connectivity index is 2.64. The van der Waals surface area contributed by atoms with Gasteiger partial charge in [0.2, 0.25) is 0 Å². The molecule has 0 aliphatic carbocycles. The van der Waals surface area contributed by atoms with Gasteiger partial charge < -0.3 is 14.4 Å². The Morgan fingerprint density at radius 3 is 2.04 bits per heavy atom. The summed E-state index contributed by atoms with van der Waals surface area (Å²) in [4.78, 5) is 30.3. The average Bonchev–Trinajstić information content (AvgIpc) is 2.93. The van der Waals surface area contributed by atoms with Crippen LogP contribution in [-0.4, -0.2) is 20.3 Å². The fourth-order valence-electron chi connectivity index (χ4n) is 2.74. The number of hydrogen-bond donors (Lipinski definition) is 3. The zero-order valence-electron chi connectivity index (χ0n) is 14.2. The van der Waals surface area contributed by atoms with E-state index in [1.54, 1.807) is 28.0 Å². The van der Waals surface area contributed by atoms with Crippen LogP contribution < -0.4 is 5.09 Å².